The molecule has 0 aliphatic heterocycles. The van der Waals surface area contributed by atoms with Crippen molar-refractivity contribution in [3.8, 4) is 0 Å². The zero-order chi connectivity index (χ0) is 14.0. The van der Waals surface area contributed by atoms with Gasteiger partial charge in [0.15, 0.2) is 0 Å². The van der Waals surface area contributed by atoms with Gasteiger partial charge in [-0.1, -0.05) is 6.07 Å². The molecule has 0 aliphatic carbocycles. The van der Waals surface area contributed by atoms with Crippen molar-refractivity contribution in [2.75, 3.05) is 13.2 Å². The zero-order valence-corrected chi connectivity index (χ0v) is 10.3. The number of aromatic amines is 2. The number of aliphatic hydroxyl groups is 1. The van der Waals surface area contributed by atoms with E-state index in [0.717, 1.165) is 5.56 Å². The van der Waals surface area contributed by atoms with E-state index in [0.29, 0.717) is 11.0 Å². The molecular formula is C12H15F2N3O2. The van der Waals surface area contributed by atoms with E-state index in [2.05, 4.69) is 15.3 Å². The summed E-state index contributed by atoms with van der Waals surface area (Å²) < 4.78 is 25.8. The molecule has 5 nitrogen and oxygen atoms in total. The van der Waals surface area contributed by atoms with Gasteiger partial charge in [-0.25, -0.2) is 13.6 Å². The molecule has 1 atom stereocenters. The molecule has 0 spiro atoms. The SMILES string of the molecule is CC(NCC(F)(F)CO)c1ccc2[nH]c(=O)[nH]c2c1. The number of rotatable bonds is 5. The molecule has 2 aromatic rings. The van der Waals surface area contributed by atoms with Crippen LogP contribution in [0.3, 0.4) is 0 Å². The monoisotopic (exact) mass is 271 g/mol. The summed E-state index contributed by atoms with van der Waals surface area (Å²) in [6.07, 6.45) is 0. The number of halogens is 2. The van der Waals surface area contributed by atoms with Crippen LogP contribution in [-0.4, -0.2) is 34.1 Å². The van der Waals surface area contributed by atoms with Gasteiger partial charge in [-0.2, -0.15) is 0 Å². The summed E-state index contributed by atoms with van der Waals surface area (Å²) in [5, 5.41) is 11.1. The first kappa shape index (κ1) is 13.7. The second kappa shape index (κ2) is 5.10. The van der Waals surface area contributed by atoms with E-state index in [1.54, 1.807) is 25.1 Å². The van der Waals surface area contributed by atoms with Crippen molar-refractivity contribution < 1.29 is 13.9 Å². The fraction of sp³-hybridized carbons (Fsp3) is 0.417. The minimum atomic E-state index is -3.14. The van der Waals surface area contributed by atoms with Crippen molar-refractivity contribution >= 4 is 11.0 Å². The van der Waals surface area contributed by atoms with Gasteiger partial charge in [-0.3, -0.25) is 0 Å². The van der Waals surface area contributed by atoms with Crippen molar-refractivity contribution in [1.82, 2.24) is 15.3 Å². The van der Waals surface area contributed by atoms with Gasteiger partial charge in [-0.15, -0.1) is 0 Å². The molecule has 0 bridgehead atoms. The van der Waals surface area contributed by atoms with Crippen LogP contribution in [0.4, 0.5) is 8.78 Å². The Hall–Kier alpha value is -1.73. The summed E-state index contributed by atoms with van der Waals surface area (Å²) >= 11 is 0. The smallest absolute Gasteiger partial charge is 0.323 e. The molecule has 0 amide bonds. The van der Waals surface area contributed by atoms with Crippen LogP contribution in [0.25, 0.3) is 11.0 Å². The van der Waals surface area contributed by atoms with Gasteiger partial charge in [0.2, 0.25) is 0 Å². The van der Waals surface area contributed by atoms with Crippen LogP contribution in [0.15, 0.2) is 23.0 Å². The van der Waals surface area contributed by atoms with E-state index in [9.17, 15) is 13.6 Å². The highest BCUT2D eigenvalue weighted by Gasteiger charge is 2.27. The summed E-state index contributed by atoms with van der Waals surface area (Å²) in [4.78, 5) is 16.3. The van der Waals surface area contributed by atoms with Gasteiger partial charge in [-0.05, 0) is 24.6 Å². The predicted octanol–water partition coefficient (Wildman–Crippen LogP) is 1.13. The topological polar surface area (TPSA) is 80.9 Å². The number of benzene rings is 1. The summed E-state index contributed by atoms with van der Waals surface area (Å²) in [7, 11) is 0. The summed E-state index contributed by atoms with van der Waals surface area (Å²) in [6, 6.07) is 4.87. The third kappa shape index (κ3) is 3.18. The number of H-pyrrole nitrogens is 2. The molecule has 104 valence electrons. The number of aromatic nitrogens is 2. The maximum absolute atomic E-state index is 12.9. The average Bonchev–Trinajstić information content (AvgIpc) is 2.75. The van der Waals surface area contributed by atoms with Crippen LogP contribution in [0.5, 0.6) is 0 Å². The molecule has 1 aromatic carbocycles. The maximum atomic E-state index is 12.9. The maximum Gasteiger partial charge on any atom is 0.323 e. The Bertz CT molecular complexity index is 621. The van der Waals surface area contributed by atoms with E-state index < -0.39 is 19.1 Å². The molecule has 1 heterocycles. The van der Waals surface area contributed by atoms with E-state index >= 15 is 0 Å². The Labute approximate surface area is 107 Å². The number of hydrogen-bond acceptors (Lipinski definition) is 3. The number of aliphatic hydroxyl groups excluding tert-OH is 1. The lowest BCUT2D eigenvalue weighted by molar-refractivity contribution is -0.0490. The quantitative estimate of drug-likeness (QED) is 0.658. The Kier molecular flexibility index (Phi) is 3.68. The Morgan fingerprint density at radius 3 is 2.74 bits per heavy atom. The summed E-state index contributed by atoms with van der Waals surface area (Å²) in [5.41, 5.74) is 1.77. The lowest BCUT2D eigenvalue weighted by atomic mass is 10.1. The first-order chi connectivity index (χ1) is 8.91. The van der Waals surface area contributed by atoms with E-state index in [1.807, 2.05) is 0 Å². The first-order valence-corrected chi connectivity index (χ1v) is 5.85. The highest BCUT2D eigenvalue weighted by atomic mass is 19.3. The average molecular weight is 271 g/mol. The molecule has 7 heteroatoms. The number of hydrogen-bond donors (Lipinski definition) is 4. The second-order valence-corrected chi connectivity index (χ2v) is 4.50. The Morgan fingerprint density at radius 2 is 2.05 bits per heavy atom. The molecule has 19 heavy (non-hydrogen) atoms. The lowest BCUT2D eigenvalue weighted by Gasteiger charge is -2.19. The summed E-state index contributed by atoms with van der Waals surface area (Å²) in [5.74, 6) is -3.14. The minimum absolute atomic E-state index is 0.306. The standard InChI is InChI=1S/C12H15F2N3O2/c1-7(15-5-12(13,14)6-18)8-2-3-9-10(4-8)17-11(19)16-9/h2-4,7,15,18H,5-6H2,1H3,(H2,16,17,19). The van der Waals surface area contributed by atoms with E-state index in [-0.39, 0.29) is 11.7 Å². The predicted molar refractivity (Wildman–Crippen MR) is 67.4 cm³/mol. The summed E-state index contributed by atoms with van der Waals surface area (Å²) in [6.45, 7) is -0.0529. The van der Waals surface area contributed by atoms with Crippen molar-refractivity contribution in [3.05, 3.63) is 34.2 Å². The van der Waals surface area contributed by atoms with Gasteiger partial charge in [0, 0.05) is 6.04 Å². The minimum Gasteiger partial charge on any atom is -0.390 e. The molecule has 0 fully saturated rings. The number of nitrogens with one attached hydrogen (secondary N) is 3. The molecule has 0 saturated carbocycles. The van der Waals surface area contributed by atoms with Gasteiger partial charge >= 0.3 is 5.69 Å². The molecule has 1 aromatic heterocycles. The lowest BCUT2D eigenvalue weighted by Crippen LogP contribution is -2.37. The van der Waals surface area contributed by atoms with Crippen LogP contribution in [0, 0.1) is 0 Å². The van der Waals surface area contributed by atoms with Crippen molar-refractivity contribution in [3.63, 3.8) is 0 Å². The molecule has 0 saturated heterocycles. The van der Waals surface area contributed by atoms with Gasteiger partial charge in [0.1, 0.15) is 6.61 Å². The van der Waals surface area contributed by atoms with Gasteiger partial charge in [0.25, 0.3) is 5.92 Å². The largest absolute Gasteiger partial charge is 0.390 e. The van der Waals surface area contributed by atoms with Crippen LogP contribution in [0.1, 0.15) is 18.5 Å². The van der Waals surface area contributed by atoms with Crippen LogP contribution in [0.2, 0.25) is 0 Å². The molecule has 0 radical (unpaired) electrons. The second-order valence-electron chi connectivity index (χ2n) is 4.50. The number of alkyl halides is 2. The third-order valence-corrected chi connectivity index (χ3v) is 2.94. The highest BCUT2D eigenvalue weighted by Crippen LogP contribution is 2.18. The van der Waals surface area contributed by atoms with Gasteiger partial charge in [0.05, 0.1) is 17.6 Å². The van der Waals surface area contributed by atoms with Crippen LogP contribution in [-0.2, 0) is 0 Å². The van der Waals surface area contributed by atoms with Crippen LogP contribution < -0.4 is 11.0 Å². The Morgan fingerprint density at radius 1 is 1.37 bits per heavy atom. The molecule has 2 rings (SSSR count). The van der Waals surface area contributed by atoms with Crippen molar-refractivity contribution in [1.29, 1.82) is 0 Å². The van der Waals surface area contributed by atoms with Gasteiger partial charge < -0.3 is 20.4 Å². The van der Waals surface area contributed by atoms with Crippen LogP contribution >= 0.6 is 0 Å². The van der Waals surface area contributed by atoms with Crippen molar-refractivity contribution in [2.45, 2.75) is 18.9 Å². The highest BCUT2D eigenvalue weighted by molar-refractivity contribution is 5.75. The Balaban J connectivity index is 2.12. The van der Waals surface area contributed by atoms with E-state index in [4.69, 9.17) is 5.11 Å². The molecular weight excluding hydrogens is 256 g/mol. The fourth-order valence-corrected chi connectivity index (χ4v) is 1.80. The molecule has 1 unspecified atom stereocenters. The molecule has 0 aliphatic rings. The number of imidazole rings is 1. The fourth-order valence-electron chi connectivity index (χ4n) is 1.80. The zero-order valence-electron chi connectivity index (χ0n) is 10.3. The third-order valence-electron chi connectivity index (χ3n) is 2.94. The normalized spacial score (nSPS) is 13.9. The van der Waals surface area contributed by atoms with Crippen molar-refractivity contribution in [2.24, 2.45) is 0 Å². The molecule has 4 N–H and O–H groups in total. The van der Waals surface area contributed by atoms with E-state index in [1.165, 1.54) is 0 Å². The first-order valence-electron chi connectivity index (χ1n) is 5.85. The number of fused-ring (bicyclic) bond motifs is 1.